The summed E-state index contributed by atoms with van der Waals surface area (Å²) in [6.45, 7) is 0. The molecule has 0 unspecified atom stereocenters. The Bertz CT molecular complexity index is 227. The third-order valence-corrected chi connectivity index (χ3v) is 1.41. The molecule has 0 aromatic heterocycles. The van der Waals surface area contributed by atoms with Crippen molar-refractivity contribution in [3.8, 4) is 0 Å². The van der Waals surface area contributed by atoms with Gasteiger partial charge in [0.05, 0.1) is 13.0 Å². The monoisotopic (exact) mass is 176 g/mol. The van der Waals surface area contributed by atoms with Crippen molar-refractivity contribution in [3.05, 3.63) is 24.3 Å². The molecule has 0 radical (unpaired) electrons. The maximum atomic E-state index is 10.8. The van der Waals surface area contributed by atoms with Crippen molar-refractivity contribution in [3.63, 3.8) is 0 Å². The van der Waals surface area contributed by atoms with E-state index >= 15 is 0 Å². The van der Waals surface area contributed by atoms with Gasteiger partial charge >= 0.3 is 35.5 Å². The fraction of sp³-hybridized carbons (Fsp3) is 0.250. The molecule has 60 valence electrons. The minimum atomic E-state index is -0.391. The quantitative estimate of drug-likeness (QED) is 0.411. The minimum absolute atomic E-state index is 0. The fourth-order valence-electron chi connectivity index (χ4n) is 0.810. The van der Waals surface area contributed by atoms with Crippen LogP contribution in [0, 0.1) is 5.92 Å². The van der Waals surface area contributed by atoms with E-state index in [9.17, 15) is 9.59 Å². The first-order valence-electron chi connectivity index (χ1n) is 3.22. The predicted molar refractivity (Wildman–Crippen MR) is 45.9 cm³/mol. The van der Waals surface area contributed by atoms with Crippen molar-refractivity contribution in [2.24, 2.45) is 5.92 Å². The van der Waals surface area contributed by atoms with E-state index in [4.69, 9.17) is 0 Å². The van der Waals surface area contributed by atoms with E-state index in [0.717, 1.165) is 0 Å². The van der Waals surface area contributed by atoms with Crippen molar-refractivity contribution in [2.45, 2.75) is 0 Å². The van der Waals surface area contributed by atoms with Crippen molar-refractivity contribution in [2.75, 3.05) is 7.11 Å². The molecule has 0 aromatic carbocycles. The Morgan fingerprint density at radius 1 is 1.42 bits per heavy atom. The topological polar surface area (TPSA) is 43.4 Å². The zero-order chi connectivity index (χ0) is 8.27. The van der Waals surface area contributed by atoms with Gasteiger partial charge in [0.2, 0.25) is 0 Å². The number of carbonyl (C=O) groups is 2. The molecule has 12 heavy (non-hydrogen) atoms. The summed E-state index contributed by atoms with van der Waals surface area (Å²) in [7, 11) is 1.32. The molecule has 0 atom stereocenters. The molecule has 0 saturated heterocycles. The van der Waals surface area contributed by atoms with Crippen LogP contribution in [0.3, 0.4) is 0 Å². The Labute approximate surface area is 92.8 Å². The van der Waals surface area contributed by atoms with Gasteiger partial charge in [0, 0.05) is 0 Å². The molecule has 0 amide bonds. The van der Waals surface area contributed by atoms with Crippen LogP contribution < -0.4 is 0 Å². The van der Waals surface area contributed by atoms with Crippen molar-refractivity contribution in [1.82, 2.24) is 0 Å². The summed E-state index contributed by atoms with van der Waals surface area (Å²) >= 11 is 0. The van der Waals surface area contributed by atoms with E-state index in [0.29, 0.717) is 0 Å². The maximum absolute atomic E-state index is 10.8. The number of methoxy groups -OCH3 is 1. The normalized spacial score (nSPS) is 15.6. The number of rotatable bonds is 1. The van der Waals surface area contributed by atoms with Gasteiger partial charge in [-0.15, -0.1) is 0 Å². The summed E-state index contributed by atoms with van der Waals surface area (Å²) in [4.78, 5) is 21.4. The van der Waals surface area contributed by atoms with Crippen LogP contribution in [-0.4, -0.2) is 48.4 Å². The van der Waals surface area contributed by atoms with Gasteiger partial charge in [-0.05, 0) is 12.2 Å². The molecule has 1 rings (SSSR count). The SMILES string of the molecule is COC(=O)C1C=CC(=O)C=C1.[NaH]. The van der Waals surface area contributed by atoms with E-state index in [-0.39, 0.29) is 41.3 Å². The van der Waals surface area contributed by atoms with Crippen molar-refractivity contribution >= 4 is 41.3 Å². The Morgan fingerprint density at radius 3 is 2.33 bits per heavy atom. The zero-order valence-corrected chi connectivity index (χ0v) is 6.11. The summed E-state index contributed by atoms with van der Waals surface area (Å²) in [6, 6.07) is 0. The van der Waals surface area contributed by atoms with Crippen LogP contribution in [0.15, 0.2) is 24.3 Å². The van der Waals surface area contributed by atoms with Crippen LogP contribution in [0.1, 0.15) is 0 Å². The number of allylic oxidation sites excluding steroid dienone is 2. The number of ketones is 1. The van der Waals surface area contributed by atoms with Crippen LogP contribution in [-0.2, 0) is 14.3 Å². The van der Waals surface area contributed by atoms with E-state index < -0.39 is 5.92 Å². The van der Waals surface area contributed by atoms with Gasteiger partial charge in [0.15, 0.2) is 5.78 Å². The van der Waals surface area contributed by atoms with Crippen molar-refractivity contribution in [1.29, 1.82) is 0 Å². The first kappa shape index (κ1) is 11.6. The molecule has 0 fully saturated rings. The number of esters is 1. The molecule has 0 heterocycles. The van der Waals surface area contributed by atoms with Crippen LogP contribution in [0.2, 0.25) is 0 Å². The number of hydrogen-bond donors (Lipinski definition) is 0. The van der Waals surface area contributed by atoms with Gasteiger partial charge in [-0.25, -0.2) is 0 Å². The average Bonchev–Trinajstić information content (AvgIpc) is 2.05. The van der Waals surface area contributed by atoms with Crippen LogP contribution in [0.25, 0.3) is 0 Å². The molecular formula is C8H9NaO3. The van der Waals surface area contributed by atoms with Gasteiger partial charge in [-0.3, -0.25) is 9.59 Å². The van der Waals surface area contributed by atoms with Crippen LogP contribution >= 0.6 is 0 Å². The van der Waals surface area contributed by atoms with E-state index in [2.05, 4.69) is 4.74 Å². The van der Waals surface area contributed by atoms with Gasteiger partial charge < -0.3 is 4.74 Å². The third-order valence-electron chi connectivity index (χ3n) is 1.41. The standard InChI is InChI=1S/C8H8O3.Na.H/c1-11-8(10)6-2-4-7(9)5-3-6;;/h2-6H,1H3;;. The van der Waals surface area contributed by atoms with Gasteiger partial charge in [0.25, 0.3) is 0 Å². The Morgan fingerprint density at radius 2 is 1.92 bits per heavy atom. The molecule has 0 aromatic rings. The van der Waals surface area contributed by atoms with Crippen LogP contribution in [0.5, 0.6) is 0 Å². The van der Waals surface area contributed by atoms with Gasteiger partial charge in [0.1, 0.15) is 0 Å². The van der Waals surface area contributed by atoms with E-state index in [1.165, 1.54) is 31.4 Å². The predicted octanol–water partition coefficient (Wildman–Crippen LogP) is -0.178. The molecule has 0 bridgehead atoms. The first-order chi connectivity index (χ1) is 5.24. The Balaban J connectivity index is 0.00000121. The summed E-state index contributed by atoms with van der Waals surface area (Å²) in [5.74, 6) is -0.826. The summed E-state index contributed by atoms with van der Waals surface area (Å²) in [5, 5.41) is 0. The van der Waals surface area contributed by atoms with E-state index in [1.807, 2.05) is 0 Å². The number of hydrogen-bond acceptors (Lipinski definition) is 3. The molecule has 0 aliphatic heterocycles. The zero-order valence-electron chi connectivity index (χ0n) is 6.11. The molecule has 4 heteroatoms. The molecule has 1 aliphatic carbocycles. The first-order valence-corrected chi connectivity index (χ1v) is 3.22. The summed E-state index contributed by atoms with van der Waals surface area (Å²) in [6.07, 6.45) is 5.77. The molecular weight excluding hydrogens is 167 g/mol. The fourth-order valence-corrected chi connectivity index (χ4v) is 0.810. The second-order valence-electron chi connectivity index (χ2n) is 2.17. The average molecular weight is 176 g/mol. The Kier molecular flexibility index (Phi) is 5.13. The third kappa shape index (κ3) is 2.93. The Hall–Kier alpha value is -0.380. The molecule has 3 nitrogen and oxygen atoms in total. The number of ether oxygens (including phenoxy) is 1. The van der Waals surface area contributed by atoms with Gasteiger partial charge in [-0.1, -0.05) is 12.2 Å². The van der Waals surface area contributed by atoms with Gasteiger partial charge in [-0.2, -0.15) is 0 Å². The molecule has 1 aliphatic rings. The summed E-state index contributed by atoms with van der Waals surface area (Å²) in [5.41, 5.74) is 0. The van der Waals surface area contributed by atoms with Crippen molar-refractivity contribution < 1.29 is 14.3 Å². The molecule has 0 spiro atoms. The second kappa shape index (κ2) is 5.30. The molecule has 0 N–H and O–H groups in total. The number of carbonyl (C=O) groups excluding carboxylic acids is 2. The molecule has 0 saturated carbocycles. The summed E-state index contributed by atoms with van der Waals surface area (Å²) < 4.78 is 4.47. The van der Waals surface area contributed by atoms with Crippen LogP contribution in [0.4, 0.5) is 0 Å². The second-order valence-corrected chi connectivity index (χ2v) is 2.17. The van der Waals surface area contributed by atoms with E-state index in [1.54, 1.807) is 0 Å².